The fraction of sp³-hybridized carbons (Fsp3) is 0.125. The van der Waals surface area contributed by atoms with Crippen LogP contribution in [0.4, 0.5) is 10.1 Å². The van der Waals surface area contributed by atoms with E-state index in [1.807, 2.05) is 6.07 Å². The molecule has 3 nitrogen and oxygen atoms in total. The molecule has 2 aromatic rings. The van der Waals surface area contributed by atoms with Gasteiger partial charge in [0.05, 0.1) is 16.9 Å². The lowest BCUT2D eigenvalue weighted by Gasteiger charge is -2.12. The Hall–Kier alpha value is -2.32. The van der Waals surface area contributed by atoms with Crippen LogP contribution in [0.15, 0.2) is 53.4 Å². The second-order valence-corrected chi connectivity index (χ2v) is 5.81. The van der Waals surface area contributed by atoms with E-state index in [1.165, 1.54) is 23.9 Å². The summed E-state index contributed by atoms with van der Waals surface area (Å²) in [5.41, 5.74) is 1.19. The Bertz CT molecular complexity index is 662. The second kappa shape index (κ2) is 6.91. The largest absolute Gasteiger partial charge is 0.325 e. The van der Waals surface area contributed by atoms with Crippen molar-refractivity contribution in [3.8, 4) is 6.07 Å². The van der Waals surface area contributed by atoms with E-state index in [0.29, 0.717) is 11.3 Å². The maximum Gasteiger partial charge on any atom is 0.237 e. The van der Waals surface area contributed by atoms with Crippen LogP contribution in [0.2, 0.25) is 0 Å². The van der Waals surface area contributed by atoms with Crippen LogP contribution in [0.25, 0.3) is 0 Å². The molecule has 1 amide bonds. The molecule has 0 spiro atoms. The number of hydrogen-bond acceptors (Lipinski definition) is 3. The molecule has 0 fully saturated rings. The Balaban J connectivity index is 1.95. The molecule has 2 rings (SSSR count). The summed E-state index contributed by atoms with van der Waals surface area (Å²) in [6.07, 6.45) is 0. The average molecular weight is 300 g/mol. The van der Waals surface area contributed by atoms with Gasteiger partial charge >= 0.3 is 0 Å². The minimum atomic E-state index is -0.314. The summed E-state index contributed by atoms with van der Waals surface area (Å²) in [5.74, 6) is -0.442. The zero-order valence-electron chi connectivity index (χ0n) is 11.3. The van der Waals surface area contributed by atoms with Gasteiger partial charge in [-0.05, 0) is 55.5 Å². The van der Waals surface area contributed by atoms with Gasteiger partial charge in [-0.3, -0.25) is 4.79 Å². The lowest BCUT2D eigenvalue weighted by Crippen LogP contribution is -2.22. The van der Waals surface area contributed by atoms with Crippen LogP contribution in [0.5, 0.6) is 0 Å². The van der Waals surface area contributed by atoms with Crippen molar-refractivity contribution in [3.63, 3.8) is 0 Å². The number of nitrogens with one attached hydrogen (secondary N) is 1. The SMILES string of the molecule is CC(Sc1ccc(F)cc1)C(=O)Nc1ccc(C#N)cc1. The Morgan fingerprint density at radius 2 is 1.81 bits per heavy atom. The first-order valence-corrected chi connectivity index (χ1v) is 7.19. The first-order chi connectivity index (χ1) is 10.1. The number of anilines is 1. The molecular weight excluding hydrogens is 287 g/mol. The minimum absolute atomic E-state index is 0.144. The van der Waals surface area contributed by atoms with Gasteiger partial charge in [0.15, 0.2) is 0 Å². The maximum atomic E-state index is 12.8. The summed E-state index contributed by atoms with van der Waals surface area (Å²) in [6.45, 7) is 1.78. The van der Waals surface area contributed by atoms with Crippen molar-refractivity contribution < 1.29 is 9.18 Å². The Labute approximate surface area is 126 Å². The summed E-state index contributed by atoms with van der Waals surface area (Å²) in [5, 5.41) is 11.2. The number of nitrogens with zero attached hydrogens (tertiary/aromatic N) is 1. The second-order valence-electron chi connectivity index (χ2n) is 4.39. The molecule has 1 atom stereocenters. The number of nitriles is 1. The number of halogens is 1. The molecule has 0 heterocycles. The summed E-state index contributed by atoms with van der Waals surface area (Å²) >= 11 is 1.36. The Kier molecular flexibility index (Phi) is 4.96. The number of rotatable bonds is 4. The quantitative estimate of drug-likeness (QED) is 0.873. The van der Waals surface area contributed by atoms with Crippen LogP contribution < -0.4 is 5.32 Å². The first kappa shape index (κ1) is 15.1. The summed E-state index contributed by atoms with van der Waals surface area (Å²) < 4.78 is 12.8. The molecule has 0 bridgehead atoms. The molecule has 5 heteroatoms. The van der Waals surface area contributed by atoms with E-state index < -0.39 is 0 Å². The number of benzene rings is 2. The molecule has 1 unspecified atom stereocenters. The lowest BCUT2D eigenvalue weighted by molar-refractivity contribution is -0.115. The normalized spacial score (nSPS) is 11.5. The fourth-order valence-corrected chi connectivity index (χ4v) is 2.51. The van der Waals surface area contributed by atoms with Crippen LogP contribution in [-0.2, 0) is 4.79 Å². The van der Waals surface area contributed by atoms with Gasteiger partial charge in [0.1, 0.15) is 5.82 Å². The Morgan fingerprint density at radius 1 is 1.19 bits per heavy atom. The van der Waals surface area contributed by atoms with E-state index in [4.69, 9.17) is 5.26 Å². The number of thioether (sulfide) groups is 1. The van der Waals surface area contributed by atoms with E-state index in [2.05, 4.69) is 5.32 Å². The number of carbonyl (C=O) groups excluding carboxylic acids is 1. The first-order valence-electron chi connectivity index (χ1n) is 6.32. The van der Waals surface area contributed by atoms with Crippen molar-refractivity contribution >= 4 is 23.4 Å². The fourth-order valence-electron chi connectivity index (χ4n) is 1.64. The van der Waals surface area contributed by atoms with Gasteiger partial charge in [-0.15, -0.1) is 11.8 Å². The predicted octanol–water partition coefficient (Wildman–Crippen LogP) is 3.82. The molecule has 2 aromatic carbocycles. The zero-order valence-corrected chi connectivity index (χ0v) is 12.2. The van der Waals surface area contributed by atoms with Crippen molar-refractivity contribution in [1.82, 2.24) is 0 Å². The standard InChI is InChI=1S/C16H13FN2OS/c1-11(21-15-8-4-13(17)5-9-15)16(20)19-14-6-2-12(10-18)3-7-14/h2-9,11H,1H3,(H,19,20). The molecule has 1 N–H and O–H groups in total. The number of hydrogen-bond donors (Lipinski definition) is 1. The van der Waals surface area contributed by atoms with E-state index in [9.17, 15) is 9.18 Å². The van der Waals surface area contributed by atoms with Crippen molar-refractivity contribution in [1.29, 1.82) is 5.26 Å². The van der Waals surface area contributed by atoms with Crippen LogP contribution in [0.1, 0.15) is 12.5 Å². The highest BCUT2D eigenvalue weighted by Crippen LogP contribution is 2.24. The molecular formula is C16H13FN2OS. The van der Waals surface area contributed by atoms with Crippen LogP contribution >= 0.6 is 11.8 Å². The molecule has 0 aliphatic carbocycles. The molecule has 0 aromatic heterocycles. The highest BCUT2D eigenvalue weighted by molar-refractivity contribution is 8.00. The highest BCUT2D eigenvalue weighted by Gasteiger charge is 2.14. The van der Waals surface area contributed by atoms with Gasteiger partial charge < -0.3 is 5.32 Å². The van der Waals surface area contributed by atoms with Crippen LogP contribution in [0, 0.1) is 17.1 Å². The topological polar surface area (TPSA) is 52.9 Å². The lowest BCUT2D eigenvalue weighted by atomic mass is 10.2. The van der Waals surface area contributed by atoms with Crippen LogP contribution in [-0.4, -0.2) is 11.2 Å². The zero-order chi connectivity index (χ0) is 15.2. The van der Waals surface area contributed by atoms with Gasteiger partial charge in [-0.1, -0.05) is 0 Å². The van der Waals surface area contributed by atoms with Gasteiger partial charge in [0.25, 0.3) is 0 Å². The minimum Gasteiger partial charge on any atom is -0.325 e. The third-order valence-electron chi connectivity index (χ3n) is 2.78. The molecule has 0 aliphatic rings. The van der Waals surface area contributed by atoms with Crippen molar-refractivity contribution in [2.45, 2.75) is 17.1 Å². The summed E-state index contributed by atoms with van der Waals surface area (Å²) in [7, 11) is 0. The van der Waals surface area contributed by atoms with Crippen molar-refractivity contribution in [2.75, 3.05) is 5.32 Å². The molecule has 21 heavy (non-hydrogen) atoms. The highest BCUT2D eigenvalue weighted by atomic mass is 32.2. The summed E-state index contributed by atoms with van der Waals surface area (Å²) in [4.78, 5) is 12.9. The smallest absolute Gasteiger partial charge is 0.237 e. The monoisotopic (exact) mass is 300 g/mol. The summed E-state index contributed by atoms with van der Waals surface area (Å²) in [6, 6.07) is 14.7. The van der Waals surface area contributed by atoms with E-state index in [1.54, 1.807) is 43.3 Å². The van der Waals surface area contributed by atoms with Crippen molar-refractivity contribution in [2.24, 2.45) is 0 Å². The molecule has 0 radical (unpaired) electrons. The Morgan fingerprint density at radius 3 is 2.38 bits per heavy atom. The van der Waals surface area contributed by atoms with Crippen LogP contribution in [0.3, 0.4) is 0 Å². The molecule has 106 valence electrons. The van der Waals surface area contributed by atoms with Crippen molar-refractivity contribution in [3.05, 3.63) is 59.9 Å². The number of amides is 1. The van der Waals surface area contributed by atoms with E-state index in [0.717, 1.165) is 4.90 Å². The predicted molar refractivity (Wildman–Crippen MR) is 81.5 cm³/mol. The third-order valence-corrected chi connectivity index (χ3v) is 3.89. The molecule has 0 saturated heterocycles. The van der Waals surface area contributed by atoms with E-state index >= 15 is 0 Å². The van der Waals surface area contributed by atoms with E-state index in [-0.39, 0.29) is 17.0 Å². The third kappa shape index (κ3) is 4.33. The number of carbonyl (C=O) groups is 1. The molecule has 0 aliphatic heterocycles. The molecule has 0 saturated carbocycles. The van der Waals surface area contributed by atoms with Gasteiger partial charge in [-0.25, -0.2) is 4.39 Å². The van der Waals surface area contributed by atoms with Gasteiger partial charge in [0.2, 0.25) is 5.91 Å². The average Bonchev–Trinajstić information content (AvgIpc) is 2.50. The van der Waals surface area contributed by atoms with Gasteiger partial charge in [0, 0.05) is 10.6 Å². The maximum absolute atomic E-state index is 12.8. The van der Waals surface area contributed by atoms with Gasteiger partial charge in [-0.2, -0.15) is 5.26 Å².